The summed E-state index contributed by atoms with van der Waals surface area (Å²) in [7, 11) is 0. The molecule has 1 heterocycles. The molecule has 0 fully saturated rings. The van der Waals surface area contributed by atoms with Crippen molar-refractivity contribution in [3.8, 4) is 11.8 Å². The summed E-state index contributed by atoms with van der Waals surface area (Å²) in [4.78, 5) is 3.10. The SMILES string of the molecule is Cc1cc2[nH]cc(C#N)c2cc1OCc1ccccc1. The van der Waals surface area contributed by atoms with E-state index in [4.69, 9.17) is 10.00 Å². The zero-order valence-corrected chi connectivity index (χ0v) is 11.2. The van der Waals surface area contributed by atoms with Crippen LogP contribution in [-0.4, -0.2) is 4.98 Å². The van der Waals surface area contributed by atoms with Crippen molar-refractivity contribution < 1.29 is 4.74 Å². The quantitative estimate of drug-likeness (QED) is 0.777. The Morgan fingerprint density at radius 1 is 1.20 bits per heavy atom. The largest absolute Gasteiger partial charge is 0.489 e. The summed E-state index contributed by atoms with van der Waals surface area (Å²) in [6, 6.07) is 16.2. The van der Waals surface area contributed by atoms with Gasteiger partial charge in [-0.3, -0.25) is 0 Å². The standard InChI is InChI=1S/C17H14N2O/c1-12-7-16-15(14(9-18)10-19-16)8-17(12)20-11-13-5-3-2-4-6-13/h2-8,10,19H,11H2,1H3. The maximum Gasteiger partial charge on any atom is 0.123 e. The number of nitriles is 1. The monoisotopic (exact) mass is 262 g/mol. The zero-order valence-electron chi connectivity index (χ0n) is 11.2. The summed E-state index contributed by atoms with van der Waals surface area (Å²) in [5, 5.41) is 9.99. The number of aromatic amines is 1. The molecule has 0 spiro atoms. The summed E-state index contributed by atoms with van der Waals surface area (Å²) in [5.74, 6) is 0.817. The van der Waals surface area contributed by atoms with Crippen molar-refractivity contribution in [2.45, 2.75) is 13.5 Å². The van der Waals surface area contributed by atoms with Crippen LogP contribution >= 0.6 is 0 Å². The fourth-order valence-electron chi connectivity index (χ4n) is 2.24. The van der Waals surface area contributed by atoms with E-state index >= 15 is 0 Å². The Hall–Kier alpha value is -2.73. The van der Waals surface area contributed by atoms with E-state index in [1.54, 1.807) is 6.20 Å². The third-order valence-corrected chi connectivity index (χ3v) is 3.33. The molecular weight excluding hydrogens is 248 g/mol. The molecule has 0 saturated carbocycles. The Morgan fingerprint density at radius 3 is 2.75 bits per heavy atom. The van der Waals surface area contributed by atoms with Gasteiger partial charge < -0.3 is 9.72 Å². The first-order valence-corrected chi connectivity index (χ1v) is 6.46. The van der Waals surface area contributed by atoms with Crippen LogP contribution in [0.25, 0.3) is 10.9 Å². The first-order valence-electron chi connectivity index (χ1n) is 6.46. The number of H-pyrrole nitrogens is 1. The van der Waals surface area contributed by atoms with Gasteiger partial charge >= 0.3 is 0 Å². The molecule has 0 unspecified atom stereocenters. The number of ether oxygens (including phenoxy) is 1. The lowest BCUT2D eigenvalue weighted by molar-refractivity contribution is 0.304. The van der Waals surface area contributed by atoms with Gasteiger partial charge in [0.25, 0.3) is 0 Å². The van der Waals surface area contributed by atoms with E-state index < -0.39 is 0 Å². The maximum atomic E-state index is 9.08. The number of hydrogen-bond donors (Lipinski definition) is 1. The van der Waals surface area contributed by atoms with E-state index in [2.05, 4.69) is 11.1 Å². The molecule has 3 aromatic rings. The minimum Gasteiger partial charge on any atom is -0.489 e. The van der Waals surface area contributed by atoms with Crippen molar-refractivity contribution in [1.82, 2.24) is 4.98 Å². The van der Waals surface area contributed by atoms with E-state index in [0.717, 1.165) is 27.8 Å². The van der Waals surface area contributed by atoms with Gasteiger partial charge in [-0.2, -0.15) is 5.26 Å². The lowest BCUT2D eigenvalue weighted by Crippen LogP contribution is -1.96. The van der Waals surface area contributed by atoms with Crippen LogP contribution in [0, 0.1) is 18.3 Å². The topological polar surface area (TPSA) is 48.8 Å². The zero-order chi connectivity index (χ0) is 13.9. The van der Waals surface area contributed by atoms with Crippen LogP contribution in [0.2, 0.25) is 0 Å². The van der Waals surface area contributed by atoms with Gasteiger partial charge in [0, 0.05) is 17.1 Å². The van der Waals surface area contributed by atoms with E-state index in [1.807, 2.05) is 49.4 Å². The Balaban J connectivity index is 1.91. The van der Waals surface area contributed by atoms with Crippen LogP contribution in [0.4, 0.5) is 0 Å². The van der Waals surface area contributed by atoms with Crippen molar-refractivity contribution in [3.63, 3.8) is 0 Å². The van der Waals surface area contributed by atoms with Crippen LogP contribution in [0.5, 0.6) is 5.75 Å². The molecule has 3 nitrogen and oxygen atoms in total. The predicted molar refractivity (Wildman–Crippen MR) is 78.5 cm³/mol. The van der Waals surface area contributed by atoms with Crippen LogP contribution in [0.1, 0.15) is 16.7 Å². The van der Waals surface area contributed by atoms with Gasteiger partial charge in [0.15, 0.2) is 0 Å². The van der Waals surface area contributed by atoms with Gasteiger partial charge in [0.2, 0.25) is 0 Å². The third-order valence-electron chi connectivity index (χ3n) is 3.33. The Bertz CT molecular complexity index is 782. The van der Waals surface area contributed by atoms with Crippen LogP contribution in [0.3, 0.4) is 0 Å². The number of nitrogens with one attached hydrogen (secondary N) is 1. The molecule has 3 heteroatoms. The van der Waals surface area contributed by atoms with Gasteiger partial charge in [0.1, 0.15) is 18.4 Å². The number of aromatic nitrogens is 1. The average Bonchev–Trinajstić information content (AvgIpc) is 2.87. The summed E-state index contributed by atoms with van der Waals surface area (Å²) in [5.41, 5.74) is 3.79. The van der Waals surface area contributed by atoms with Crippen molar-refractivity contribution >= 4 is 10.9 Å². The van der Waals surface area contributed by atoms with Crippen LogP contribution in [0.15, 0.2) is 48.7 Å². The fourth-order valence-corrected chi connectivity index (χ4v) is 2.24. The summed E-state index contributed by atoms with van der Waals surface area (Å²) < 4.78 is 5.88. The molecular formula is C17H14N2O. The minimum atomic E-state index is 0.527. The molecule has 0 aliphatic rings. The van der Waals surface area contributed by atoms with E-state index in [0.29, 0.717) is 12.2 Å². The first kappa shape index (κ1) is 12.3. The summed E-state index contributed by atoms with van der Waals surface area (Å²) in [6.45, 7) is 2.53. The number of rotatable bonds is 3. The molecule has 3 rings (SSSR count). The van der Waals surface area contributed by atoms with E-state index in [1.165, 1.54) is 0 Å². The molecule has 0 atom stereocenters. The molecule has 0 amide bonds. The second kappa shape index (κ2) is 5.10. The number of fused-ring (bicyclic) bond motifs is 1. The molecule has 0 bridgehead atoms. The molecule has 0 aliphatic carbocycles. The molecule has 0 radical (unpaired) electrons. The molecule has 0 saturated heterocycles. The van der Waals surface area contributed by atoms with Gasteiger partial charge in [-0.25, -0.2) is 0 Å². The van der Waals surface area contributed by atoms with Crippen molar-refractivity contribution in [3.05, 3.63) is 65.4 Å². The Morgan fingerprint density at radius 2 is 2.00 bits per heavy atom. The number of hydrogen-bond acceptors (Lipinski definition) is 2. The lowest BCUT2D eigenvalue weighted by atomic mass is 10.1. The maximum absolute atomic E-state index is 9.08. The second-order valence-corrected chi connectivity index (χ2v) is 4.75. The molecule has 2 aromatic carbocycles. The number of nitrogens with zero attached hydrogens (tertiary/aromatic N) is 1. The highest BCUT2D eigenvalue weighted by atomic mass is 16.5. The third kappa shape index (κ3) is 2.24. The highest BCUT2D eigenvalue weighted by molar-refractivity contribution is 5.87. The molecule has 1 aromatic heterocycles. The highest BCUT2D eigenvalue weighted by Crippen LogP contribution is 2.27. The Kier molecular flexibility index (Phi) is 3.14. The minimum absolute atomic E-state index is 0.527. The van der Waals surface area contributed by atoms with Crippen molar-refractivity contribution in [2.24, 2.45) is 0 Å². The normalized spacial score (nSPS) is 10.4. The smallest absolute Gasteiger partial charge is 0.123 e. The van der Waals surface area contributed by atoms with Gasteiger partial charge in [0.05, 0.1) is 5.56 Å². The van der Waals surface area contributed by atoms with Crippen LogP contribution < -0.4 is 4.74 Å². The summed E-state index contributed by atoms with van der Waals surface area (Å²) >= 11 is 0. The van der Waals surface area contributed by atoms with Gasteiger partial charge in [-0.1, -0.05) is 30.3 Å². The van der Waals surface area contributed by atoms with E-state index in [-0.39, 0.29) is 0 Å². The fraction of sp³-hybridized carbons (Fsp3) is 0.118. The predicted octanol–water partition coefficient (Wildman–Crippen LogP) is 3.93. The number of benzene rings is 2. The lowest BCUT2D eigenvalue weighted by Gasteiger charge is -2.09. The average molecular weight is 262 g/mol. The van der Waals surface area contributed by atoms with Gasteiger partial charge in [-0.05, 0) is 30.2 Å². The molecule has 0 aliphatic heterocycles. The number of aryl methyl sites for hydroxylation is 1. The first-order chi connectivity index (χ1) is 9.78. The van der Waals surface area contributed by atoms with Crippen molar-refractivity contribution in [1.29, 1.82) is 5.26 Å². The van der Waals surface area contributed by atoms with E-state index in [9.17, 15) is 0 Å². The second-order valence-electron chi connectivity index (χ2n) is 4.75. The van der Waals surface area contributed by atoms with Crippen molar-refractivity contribution in [2.75, 3.05) is 0 Å². The summed E-state index contributed by atoms with van der Waals surface area (Å²) in [6.07, 6.45) is 1.73. The molecule has 20 heavy (non-hydrogen) atoms. The molecule has 98 valence electrons. The van der Waals surface area contributed by atoms with Crippen LogP contribution in [-0.2, 0) is 6.61 Å². The Labute approximate surface area is 117 Å². The molecule has 1 N–H and O–H groups in total. The highest BCUT2D eigenvalue weighted by Gasteiger charge is 2.08. The van der Waals surface area contributed by atoms with Gasteiger partial charge in [-0.15, -0.1) is 0 Å².